The SMILES string of the molecule is CCc1ccc(CC(O)c2ccccc2CC)s1. The van der Waals surface area contributed by atoms with Gasteiger partial charge in [0.25, 0.3) is 0 Å². The molecule has 0 aliphatic rings. The Bertz CT molecular complexity index is 501. The number of hydrogen-bond acceptors (Lipinski definition) is 2. The fourth-order valence-electron chi connectivity index (χ4n) is 2.20. The number of benzene rings is 1. The summed E-state index contributed by atoms with van der Waals surface area (Å²) < 4.78 is 0. The number of aliphatic hydroxyl groups excluding tert-OH is 1. The van der Waals surface area contributed by atoms with Crippen LogP contribution in [0.25, 0.3) is 0 Å². The highest BCUT2D eigenvalue weighted by molar-refractivity contribution is 7.11. The zero-order valence-corrected chi connectivity index (χ0v) is 11.8. The van der Waals surface area contributed by atoms with Crippen LogP contribution in [-0.2, 0) is 19.3 Å². The van der Waals surface area contributed by atoms with Crippen molar-refractivity contribution >= 4 is 11.3 Å². The topological polar surface area (TPSA) is 20.2 Å². The molecule has 0 radical (unpaired) electrons. The summed E-state index contributed by atoms with van der Waals surface area (Å²) >= 11 is 1.81. The molecule has 1 atom stereocenters. The van der Waals surface area contributed by atoms with E-state index in [1.807, 2.05) is 29.5 Å². The van der Waals surface area contributed by atoms with Gasteiger partial charge in [-0.25, -0.2) is 0 Å². The van der Waals surface area contributed by atoms with E-state index in [0.29, 0.717) is 0 Å². The average Bonchev–Trinajstić information content (AvgIpc) is 2.86. The molecular formula is C16H20OS. The Kier molecular flexibility index (Phi) is 4.56. The second kappa shape index (κ2) is 6.17. The minimum atomic E-state index is -0.385. The van der Waals surface area contributed by atoms with E-state index >= 15 is 0 Å². The first-order valence-corrected chi connectivity index (χ1v) is 7.39. The molecule has 2 aromatic rings. The normalized spacial score (nSPS) is 12.6. The molecule has 2 heteroatoms. The average molecular weight is 260 g/mol. The van der Waals surface area contributed by atoms with Crippen LogP contribution in [-0.4, -0.2) is 5.11 Å². The lowest BCUT2D eigenvalue weighted by molar-refractivity contribution is 0.178. The van der Waals surface area contributed by atoms with Gasteiger partial charge in [-0.1, -0.05) is 38.1 Å². The van der Waals surface area contributed by atoms with Gasteiger partial charge in [0.1, 0.15) is 0 Å². The van der Waals surface area contributed by atoms with Crippen molar-refractivity contribution < 1.29 is 5.11 Å². The van der Waals surface area contributed by atoms with Crippen LogP contribution in [0.4, 0.5) is 0 Å². The van der Waals surface area contributed by atoms with Gasteiger partial charge >= 0.3 is 0 Å². The van der Waals surface area contributed by atoms with E-state index in [1.54, 1.807) is 0 Å². The first-order chi connectivity index (χ1) is 8.74. The standard InChI is InChI=1S/C16H20OS/c1-3-12-7-5-6-8-15(12)16(17)11-14-10-9-13(4-2)18-14/h5-10,16-17H,3-4,11H2,1-2H3. The Morgan fingerprint density at radius 1 is 1.00 bits per heavy atom. The van der Waals surface area contributed by atoms with Gasteiger partial charge in [-0.05, 0) is 36.1 Å². The van der Waals surface area contributed by atoms with Crippen molar-refractivity contribution in [2.24, 2.45) is 0 Å². The predicted octanol–water partition coefficient (Wildman–Crippen LogP) is 4.15. The van der Waals surface area contributed by atoms with Crippen molar-refractivity contribution in [1.29, 1.82) is 0 Å². The molecule has 1 heterocycles. The molecule has 1 aromatic carbocycles. The lowest BCUT2D eigenvalue weighted by atomic mass is 9.98. The smallest absolute Gasteiger partial charge is 0.0840 e. The maximum atomic E-state index is 10.4. The molecule has 18 heavy (non-hydrogen) atoms. The van der Waals surface area contributed by atoms with Crippen molar-refractivity contribution in [2.45, 2.75) is 39.2 Å². The van der Waals surface area contributed by atoms with Gasteiger partial charge in [-0.15, -0.1) is 11.3 Å². The maximum absolute atomic E-state index is 10.4. The molecule has 96 valence electrons. The zero-order chi connectivity index (χ0) is 13.0. The largest absolute Gasteiger partial charge is 0.388 e. The molecule has 0 saturated carbocycles. The van der Waals surface area contributed by atoms with E-state index in [4.69, 9.17) is 0 Å². The van der Waals surface area contributed by atoms with Crippen molar-refractivity contribution in [3.05, 3.63) is 57.3 Å². The highest BCUT2D eigenvalue weighted by atomic mass is 32.1. The summed E-state index contributed by atoms with van der Waals surface area (Å²) in [5.41, 5.74) is 2.32. The molecule has 0 saturated heterocycles. The molecule has 0 spiro atoms. The van der Waals surface area contributed by atoms with Crippen molar-refractivity contribution in [3.8, 4) is 0 Å². The summed E-state index contributed by atoms with van der Waals surface area (Å²) in [5.74, 6) is 0. The lowest BCUT2D eigenvalue weighted by Crippen LogP contribution is -2.04. The molecule has 0 bridgehead atoms. The number of thiophene rings is 1. The van der Waals surface area contributed by atoms with Gasteiger partial charge in [-0.3, -0.25) is 0 Å². The van der Waals surface area contributed by atoms with Crippen molar-refractivity contribution in [3.63, 3.8) is 0 Å². The molecule has 1 nitrogen and oxygen atoms in total. The molecular weight excluding hydrogens is 240 g/mol. The van der Waals surface area contributed by atoms with E-state index < -0.39 is 0 Å². The Morgan fingerprint density at radius 2 is 1.72 bits per heavy atom. The molecule has 1 unspecified atom stereocenters. The Morgan fingerprint density at radius 3 is 2.39 bits per heavy atom. The fourth-order valence-corrected chi connectivity index (χ4v) is 3.20. The summed E-state index contributed by atoms with van der Waals surface area (Å²) in [6.45, 7) is 4.30. The summed E-state index contributed by atoms with van der Waals surface area (Å²) in [5, 5.41) is 10.4. The van der Waals surface area contributed by atoms with Crippen LogP contribution in [0.2, 0.25) is 0 Å². The van der Waals surface area contributed by atoms with Gasteiger partial charge in [0.05, 0.1) is 6.10 Å². The number of rotatable bonds is 5. The van der Waals surface area contributed by atoms with Crippen LogP contribution in [0.15, 0.2) is 36.4 Å². The molecule has 2 rings (SSSR count). The van der Waals surface area contributed by atoms with Gasteiger partial charge in [0.15, 0.2) is 0 Å². The van der Waals surface area contributed by atoms with Crippen LogP contribution < -0.4 is 0 Å². The summed E-state index contributed by atoms with van der Waals surface area (Å²) in [7, 11) is 0. The molecule has 0 fully saturated rings. The number of aliphatic hydroxyl groups is 1. The third-order valence-corrected chi connectivity index (χ3v) is 4.51. The highest BCUT2D eigenvalue weighted by Crippen LogP contribution is 2.26. The highest BCUT2D eigenvalue weighted by Gasteiger charge is 2.12. The maximum Gasteiger partial charge on any atom is 0.0840 e. The molecule has 1 N–H and O–H groups in total. The quantitative estimate of drug-likeness (QED) is 0.856. The predicted molar refractivity (Wildman–Crippen MR) is 78.2 cm³/mol. The van der Waals surface area contributed by atoms with Crippen LogP contribution in [0.3, 0.4) is 0 Å². The van der Waals surface area contributed by atoms with E-state index in [0.717, 1.165) is 24.8 Å². The van der Waals surface area contributed by atoms with E-state index in [2.05, 4.69) is 32.0 Å². The molecule has 1 aromatic heterocycles. The second-order valence-electron chi connectivity index (χ2n) is 4.49. The van der Waals surface area contributed by atoms with Crippen LogP contribution in [0, 0.1) is 0 Å². The van der Waals surface area contributed by atoms with Crippen LogP contribution in [0.5, 0.6) is 0 Å². The fraction of sp³-hybridized carbons (Fsp3) is 0.375. The summed E-state index contributed by atoms with van der Waals surface area (Å²) in [6, 6.07) is 12.5. The Balaban J connectivity index is 2.13. The number of aryl methyl sites for hydroxylation is 2. The Labute approximate surface area is 113 Å². The van der Waals surface area contributed by atoms with Gasteiger partial charge in [-0.2, -0.15) is 0 Å². The van der Waals surface area contributed by atoms with E-state index in [9.17, 15) is 5.11 Å². The summed E-state index contributed by atoms with van der Waals surface area (Å²) in [6.07, 6.45) is 2.38. The van der Waals surface area contributed by atoms with Crippen LogP contribution >= 0.6 is 11.3 Å². The summed E-state index contributed by atoms with van der Waals surface area (Å²) in [4.78, 5) is 2.66. The Hall–Kier alpha value is -1.12. The van der Waals surface area contributed by atoms with Gasteiger partial charge in [0, 0.05) is 16.2 Å². The van der Waals surface area contributed by atoms with Crippen molar-refractivity contribution in [2.75, 3.05) is 0 Å². The lowest BCUT2D eigenvalue weighted by Gasteiger charge is -2.13. The van der Waals surface area contributed by atoms with E-state index in [-0.39, 0.29) is 6.10 Å². The molecule has 0 aliphatic carbocycles. The van der Waals surface area contributed by atoms with Gasteiger partial charge in [0.2, 0.25) is 0 Å². The van der Waals surface area contributed by atoms with E-state index in [1.165, 1.54) is 15.3 Å². The third-order valence-electron chi connectivity index (χ3n) is 3.26. The molecule has 0 aliphatic heterocycles. The number of hydrogen-bond donors (Lipinski definition) is 1. The minimum Gasteiger partial charge on any atom is -0.388 e. The first-order valence-electron chi connectivity index (χ1n) is 6.58. The molecule has 0 amide bonds. The first kappa shape index (κ1) is 13.3. The van der Waals surface area contributed by atoms with Crippen molar-refractivity contribution in [1.82, 2.24) is 0 Å². The van der Waals surface area contributed by atoms with Gasteiger partial charge < -0.3 is 5.11 Å². The van der Waals surface area contributed by atoms with Crippen LogP contribution in [0.1, 0.15) is 40.8 Å². The monoisotopic (exact) mass is 260 g/mol. The zero-order valence-electron chi connectivity index (χ0n) is 11.0. The second-order valence-corrected chi connectivity index (χ2v) is 5.75. The third kappa shape index (κ3) is 3.01. The minimum absolute atomic E-state index is 0.385.